The van der Waals surface area contributed by atoms with Gasteiger partial charge < -0.3 is 10.2 Å². The molecule has 2 heterocycles. The van der Waals surface area contributed by atoms with Gasteiger partial charge in [-0.1, -0.05) is 13.8 Å². The summed E-state index contributed by atoms with van der Waals surface area (Å²) >= 11 is 0. The van der Waals surface area contributed by atoms with E-state index in [9.17, 15) is 23.4 Å². The summed E-state index contributed by atoms with van der Waals surface area (Å²) < 4.78 is 25.4. The highest BCUT2D eigenvalue weighted by Crippen LogP contribution is 2.31. The zero-order valence-electron chi connectivity index (χ0n) is 18.8. The van der Waals surface area contributed by atoms with E-state index in [1.165, 1.54) is 0 Å². The molecule has 7 heteroatoms. The van der Waals surface area contributed by atoms with Crippen molar-refractivity contribution < 1.29 is 23.4 Å². The number of allylic oxidation sites excluding steroid dienone is 8. The van der Waals surface area contributed by atoms with Crippen molar-refractivity contribution in [2.75, 3.05) is 6.61 Å². The molecule has 0 saturated carbocycles. The lowest BCUT2D eigenvalue weighted by Crippen LogP contribution is -2.23. The third kappa shape index (κ3) is 7.22. The smallest absolute Gasteiger partial charge is 0.309 e. The van der Waals surface area contributed by atoms with Crippen molar-refractivity contribution in [3.8, 4) is 0 Å². The molecule has 0 fully saturated rings. The van der Waals surface area contributed by atoms with Gasteiger partial charge in [-0.25, -0.2) is 8.42 Å². The topological polar surface area (TPSA) is 91.7 Å². The van der Waals surface area contributed by atoms with Gasteiger partial charge in [-0.2, -0.15) is 0 Å². The average molecular weight is 467 g/mol. The summed E-state index contributed by atoms with van der Waals surface area (Å²) in [5, 5.41) is 18.5. The number of aliphatic hydroxyl groups is 1. The Morgan fingerprint density at radius 2 is 1.32 bits per heavy atom. The van der Waals surface area contributed by atoms with E-state index in [1.54, 1.807) is 26.0 Å². The zero-order valence-corrected chi connectivity index (χ0v) is 20.5. The van der Waals surface area contributed by atoms with Crippen LogP contribution in [0, 0.1) is 10.8 Å². The summed E-state index contributed by atoms with van der Waals surface area (Å²) in [5.41, 5.74) is -0.904. The summed E-state index contributed by atoms with van der Waals surface area (Å²) in [7, 11) is -2.45. The first-order chi connectivity index (χ1) is 14.5. The molecule has 0 bridgehead atoms. The second kappa shape index (κ2) is 10.8. The van der Waals surface area contributed by atoms with Crippen LogP contribution in [-0.2, 0) is 26.4 Å². The Labute approximate surface area is 190 Å². The van der Waals surface area contributed by atoms with Gasteiger partial charge in [0.25, 0.3) is 0 Å². The van der Waals surface area contributed by atoms with Crippen LogP contribution in [0.5, 0.6) is 0 Å². The van der Waals surface area contributed by atoms with Gasteiger partial charge in [0.05, 0.1) is 27.0 Å². The summed E-state index contributed by atoms with van der Waals surface area (Å²) in [4.78, 5) is 14.3. The number of carbonyl (C=O) groups is 1. The van der Waals surface area contributed by atoms with Crippen LogP contribution >= 0.6 is 0 Å². The van der Waals surface area contributed by atoms with Crippen molar-refractivity contribution in [2.45, 2.75) is 66.2 Å². The van der Waals surface area contributed by atoms with Gasteiger partial charge >= 0.3 is 5.97 Å². The Bertz CT molecular complexity index is 901. The number of carboxylic acids is 1. The number of hydrogen-bond acceptors (Lipinski definition) is 4. The van der Waals surface area contributed by atoms with E-state index in [4.69, 9.17) is 0 Å². The molecule has 31 heavy (non-hydrogen) atoms. The summed E-state index contributed by atoms with van der Waals surface area (Å²) in [6.45, 7) is 7.58. The molecule has 0 aromatic rings. The molecular weight excluding hydrogens is 432 g/mol. The van der Waals surface area contributed by atoms with E-state index in [2.05, 4.69) is 0 Å². The summed E-state index contributed by atoms with van der Waals surface area (Å²) in [5.74, 6) is -0.821. The van der Waals surface area contributed by atoms with Crippen LogP contribution in [0.3, 0.4) is 0 Å². The van der Waals surface area contributed by atoms with Crippen LogP contribution in [-0.4, -0.2) is 31.2 Å². The van der Waals surface area contributed by atoms with E-state index in [-0.39, 0.29) is 12.0 Å². The average Bonchev–Trinajstić information content (AvgIpc) is 3.23. The largest absolute Gasteiger partial charge is 0.481 e. The highest BCUT2D eigenvalue weighted by Gasteiger charge is 2.27. The van der Waals surface area contributed by atoms with Crippen LogP contribution in [0.25, 0.3) is 0 Å². The van der Waals surface area contributed by atoms with Crippen molar-refractivity contribution in [3.63, 3.8) is 0 Å². The van der Waals surface area contributed by atoms with Crippen molar-refractivity contribution >= 4 is 27.6 Å². The fraction of sp³-hybridized carbons (Fsp3) is 0.542. The third-order valence-corrected chi connectivity index (χ3v) is 8.73. The van der Waals surface area contributed by atoms with Crippen molar-refractivity contribution in [1.82, 2.24) is 0 Å². The van der Waals surface area contributed by atoms with E-state index >= 15 is 0 Å². The Balaban J connectivity index is 1.80. The van der Waals surface area contributed by atoms with Crippen LogP contribution < -0.4 is 0 Å². The SMILES string of the molecule is CC(C)(CO)CCCC1=CC=C(/C=C/C2=CC=C(CCCC(C)(C)C(=O)O)S2=O)S1=O. The minimum Gasteiger partial charge on any atom is -0.481 e. The lowest BCUT2D eigenvalue weighted by Gasteiger charge is -2.21. The molecule has 0 aliphatic carbocycles. The minimum atomic E-state index is -1.25. The number of aliphatic carboxylic acids is 1. The molecule has 0 saturated heterocycles. The lowest BCUT2D eigenvalue weighted by molar-refractivity contribution is -0.147. The molecule has 2 unspecified atom stereocenters. The lowest BCUT2D eigenvalue weighted by atomic mass is 9.87. The van der Waals surface area contributed by atoms with E-state index in [0.29, 0.717) is 29.1 Å². The van der Waals surface area contributed by atoms with Crippen molar-refractivity contribution in [1.29, 1.82) is 0 Å². The molecular formula is C24H34O5S2. The molecule has 2 rings (SSSR count). The molecule has 2 N–H and O–H groups in total. The second-order valence-corrected chi connectivity index (χ2v) is 12.6. The number of hydrogen-bond donors (Lipinski definition) is 2. The molecule has 0 aromatic heterocycles. The molecule has 2 aliphatic rings. The van der Waals surface area contributed by atoms with Crippen LogP contribution in [0.2, 0.25) is 0 Å². The summed E-state index contributed by atoms with van der Waals surface area (Å²) in [6, 6.07) is 0. The molecule has 0 radical (unpaired) electrons. The molecule has 0 spiro atoms. The third-order valence-electron chi connectivity index (χ3n) is 5.69. The Hall–Kier alpha value is -1.57. The quantitative estimate of drug-likeness (QED) is 0.419. The zero-order chi connectivity index (χ0) is 23.2. The van der Waals surface area contributed by atoms with Gasteiger partial charge in [-0.15, -0.1) is 0 Å². The van der Waals surface area contributed by atoms with Gasteiger partial charge in [0.1, 0.15) is 0 Å². The first kappa shape index (κ1) is 25.7. The van der Waals surface area contributed by atoms with E-state index in [1.807, 2.05) is 38.2 Å². The highest BCUT2D eigenvalue weighted by atomic mass is 32.2. The van der Waals surface area contributed by atoms with Crippen LogP contribution in [0.4, 0.5) is 0 Å². The van der Waals surface area contributed by atoms with E-state index < -0.39 is 33.0 Å². The Morgan fingerprint density at radius 3 is 1.74 bits per heavy atom. The minimum absolute atomic E-state index is 0.121. The fourth-order valence-electron chi connectivity index (χ4n) is 3.28. The Kier molecular flexibility index (Phi) is 8.98. The van der Waals surface area contributed by atoms with Gasteiger partial charge in [0.2, 0.25) is 0 Å². The molecule has 0 aromatic carbocycles. The number of rotatable bonds is 12. The fourth-order valence-corrected chi connectivity index (χ4v) is 5.70. The maximum absolute atomic E-state index is 12.7. The van der Waals surface area contributed by atoms with Crippen molar-refractivity contribution in [2.24, 2.45) is 10.8 Å². The van der Waals surface area contributed by atoms with Gasteiger partial charge in [0, 0.05) is 26.2 Å². The van der Waals surface area contributed by atoms with Crippen LogP contribution in [0.15, 0.2) is 56.1 Å². The maximum atomic E-state index is 12.7. The second-order valence-electron chi connectivity index (χ2n) is 9.49. The molecule has 0 amide bonds. The molecule has 2 aliphatic heterocycles. The first-order valence-electron chi connectivity index (χ1n) is 10.6. The standard InChI is InChI=1S/C24H34O5S2/c1-23(2,17-25)15-5-7-18-9-11-20(30(18)28)13-14-21-12-10-19(31(21)29)8-6-16-24(3,4)22(26)27/h9-14,25H,5-8,15-17H2,1-4H3,(H,26,27)/b14-13+. The number of carboxylic acid groups (broad SMARTS) is 1. The van der Waals surface area contributed by atoms with Crippen LogP contribution in [0.1, 0.15) is 66.2 Å². The molecule has 5 nitrogen and oxygen atoms in total. The maximum Gasteiger partial charge on any atom is 0.309 e. The monoisotopic (exact) mass is 466 g/mol. The normalized spacial score (nSPS) is 21.8. The molecule has 2 atom stereocenters. The highest BCUT2D eigenvalue weighted by molar-refractivity contribution is 7.93. The van der Waals surface area contributed by atoms with Gasteiger partial charge in [-0.05, 0) is 94.2 Å². The van der Waals surface area contributed by atoms with E-state index in [0.717, 1.165) is 29.1 Å². The molecule has 172 valence electrons. The summed E-state index contributed by atoms with van der Waals surface area (Å²) in [6.07, 6.45) is 15.2. The van der Waals surface area contributed by atoms with Crippen molar-refractivity contribution in [3.05, 3.63) is 56.1 Å². The van der Waals surface area contributed by atoms with Gasteiger partial charge in [-0.3, -0.25) is 4.79 Å². The first-order valence-corrected chi connectivity index (χ1v) is 12.9. The Morgan fingerprint density at radius 1 is 0.871 bits per heavy atom. The van der Waals surface area contributed by atoms with Gasteiger partial charge in [0.15, 0.2) is 0 Å². The predicted octanol–water partition coefficient (Wildman–Crippen LogP) is 5.07. The predicted molar refractivity (Wildman–Crippen MR) is 128 cm³/mol. The number of aliphatic hydroxyl groups excluding tert-OH is 1.